The second-order valence-corrected chi connectivity index (χ2v) is 11.2. The van der Waals surface area contributed by atoms with Crippen LogP contribution in [-0.4, -0.2) is 28.2 Å². The van der Waals surface area contributed by atoms with Crippen molar-refractivity contribution in [2.24, 2.45) is 34.3 Å². The van der Waals surface area contributed by atoms with Gasteiger partial charge in [-0.2, -0.15) is 0 Å². The van der Waals surface area contributed by atoms with Crippen molar-refractivity contribution in [2.45, 2.75) is 64.9 Å². The molecule has 0 saturated heterocycles. The van der Waals surface area contributed by atoms with Crippen LogP contribution in [0.15, 0.2) is 48.3 Å². The first kappa shape index (κ1) is 21.2. The minimum absolute atomic E-state index is 0.0000493. The highest BCUT2D eigenvalue weighted by atomic mass is 16.5. The van der Waals surface area contributed by atoms with Crippen LogP contribution < -0.4 is 5.73 Å². The molecule has 0 spiro atoms. The van der Waals surface area contributed by atoms with Gasteiger partial charge in [0.05, 0.1) is 17.6 Å². The average molecular weight is 446 g/mol. The van der Waals surface area contributed by atoms with Gasteiger partial charge in [-0.05, 0) is 73.8 Å². The summed E-state index contributed by atoms with van der Waals surface area (Å²) in [4.78, 5) is 16.4. The van der Waals surface area contributed by atoms with E-state index in [1.54, 1.807) is 0 Å². The number of hydrogen-bond donors (Lipinski definition) is 1. The molecule has 0 aliphatic heterocycles. The number of aromatic nitrogens is 2. The Hall–Kier alpha value is -2.40. The van der Waals surface area contributed by atoms with E-state index in [0.29, 0.717) is 17.8 Å². The van der Waals surface area contributed by atoms with Crippen LogP contribution in [0.2, 0.25) is 0 Å². The van der Waals surface area contributed by atoms with E-state index in [9.17, 15) is 4.79 Å². The van der Waals surface area contributed by atoms with Crippen molar-refractivity contribution in [3.8, 4) is 0 Å². The summed E-state index contributed by atoms with van der Waals surface area (Å²) in [6.45, 7) is 4.97. The van der Waals surface area contributed by atoms with E-state index in [1.165, 1.54) is 29.6 Å². The molecule has 0 bridgehead atoms. The van der Waals surface area contributed by atoms with Gasteiger partial charge >= 0.3 is 5.97 Å². The highest BCUT2D eigenvalue weighted by Crippen LogP contribution is 2.65. The number of para-hydroxylation sites is 2. The fraction of sp³-hybridized carbons (Fsp3) is 0.571. The number of rotatable bonds is 3. The molecular formula is C28H35N3O2. The summed E-state index contributed by atoms with van der Waals surface area (Å²) in [6, 6.07) is 8.48. The van der Waals surface area contributed by atoms with Gasteiger partial charge in [0.25, 0.3) is 0 Å². The topological polar surface area (TPSA) is 70.1 Å². The Morgan fingerprint density at radius 3 is 2.79 bits per heavy atom. The Morgan fingerprint density at radius 1 is 1.12 bits per heavy atom. The minimum Gasteiger partial charge on any atom is -0.461 e. The summed E-state index contributed by atoms with van der Waals surface area (Å²) in [6.07, 6.45) is 14.8. The summed E-state index contributed by atoms with van der Waals surface area (Å²) in [7, 11) is 0. The number of nitrogens with two attached hydrogens (primary N) is 1. The number of hydrogen-bond acceptors (Lipinski definition) is 4. The first-order chi connectivity index (χ1) is 15.9. The number of ether oxygens (including phenoxy) is 1. The molecule has 6 unspecified atom stereocenters. The molecule has 1 heterocycles. The smallest absolute Gasteiger partial charge is 0.319 e. The van der Waals surface area contributed by atoms with Crippen molar-refractivity contribution >= 4 is 22.7 Å². The van der Waals surface area contributed by atoms with E-state index in [-0.39, 0.29) is 29.4 Å². The second kappa shape index (κ2) is 7.56. The third-order valence-electron chi connectivity index (χ3n) is 9.78. The maximum Gasteiger partial charge on any atom is 0.319 e. The molecule has 4 aliphatic rings. The standard InChI is InChI=1S/C28H35N3O2/c1-27-13-11-19(33-26(32)16-29)15-18(27)7-8-20-21-9-10-25(28(21,2)14-12-22(20)27)31-17-30-23-5-3-4-6-24(23)31/h3-7,10,17,19-22H,8-9,11-16,29H2,1-2H3. The third kappa shape index (κ3) is 3.08. The SMILES string of the molecule is CC12CCC(OC(=O)CN)CC1=CCC1C2CCC2(C)C(n3cnc4ccccc43)=CCC12. The van der Waals surface area contributed by atoms with Crippen LogP contribution in [-0.2, 0) is 9.53 Å². The Bertz CT molecular complexity index is 1160. The van der Waals surface area contributed by atoms with Gasteiger partial charge < -0.3 is 15.0 Å². The number of fused-ring (bicyclic) bond motifs is 6. The molecule has 1 aromatic carbocycles. The third-order valence-corrected chi connectivity index (χ3v) is 9.78. The van der Waals surface area contributed by atoms with Crippen LogP contribution in [0, 0.1) is 28.6 Å². The largest absolute Gasteiger partial charge is 0.461 e. The van der Waals surface area contributed by atoms with Gasteiger partial charge in [0.15, 0.2) is 0 Å². The fourth-order valence-corrected chi connectivity index (χ4v) is 8.03. The van der Waals surface area contributed by atoms with E-state index < -0.39 is 0 Å². The maximum atomic E-state index is 11.7. The Balaban J connectivity index is 1.27. The Morgan fingerprint density at radius 2 is 1.94 bits per heavy atom. The molecule has 6 rings (SSSR count). The number of allylic oxidation sites excluding steroid dienone is 3. The molecule has 5 nitrogen and oxygen atoms in total. The molecular weight excluding hydrogens is 410 g/mol. The minimum atomic E-state index is -0.275. The van der Waals surface area contributed by atoms with Crippen LogP contribution in [0.25, 0.3) is 16.7 Å². The van der Waals surface area contributed by atoms with Crippen LogP contribution in [0.4, 0.5) is 0 Å². The molecule has 0 radical (unpaired) electrons. The van der Waals surface area contributed by atoms with Crippen LogP contribution >= 0.6 is 0 Å². The van der Waals surface area contributed by atoms with E-state index in [0.717, 1.165) is 37.6 Å². The zero-order valence-corrected chi connectivity index (χ0v) is 19.8. The van der Waals surface area contributed by atoms with Gasteiger partial charge in [0.2, 0.25) is 0 Å². The Labute approximate surface area is 196 Å². The normalized spacial score (nSPS) is 37.5. The molecule has 1 aromatic heterocycles. The Kier molecular flexibility index (Phi) is 4.84. The molecule has 2 N–H and O–H groups in total. The van der Waals surface area contributed by atoms with Crippen molar-refractivity contribution in [1.82, 2.24) is 9.55 Å². The molecule has 33 heavy (non-hydrogen) atoms. The number of nitrogens with zero attached hydrogens (tertiary/aromatic N) is 2. The highest BCUT2D eigenvalue weighted by molar-refractivity contribution is 5.80. The number of carbonyl (C=O) groups excluding carboxylic acids is 1. The van der Waals surface area contributed by atoms with Crippen LogP contribution in [0.1, 0.15) is 58.8 Å². The quantitative estimate of drug-likeness (QED) is 0.513. The van der Waals surface area contributed by atoms with E-state index in [4.69, 9.17) is 10.5 Å². The monoisotopic (exact) mass is 445 g/mol. The number of imidazole rings is 1. The maximum absolute atomic E-state index is 11.7. The van der Waals surface area contributed by atoms with Gasteiger partial charge in [0, 0.05) is 17.5 Å². The van der Waals surface area contributed by atoms with Crippen molar-refractivity contribution in [3.63, 3.8) is 0 Å². The van der Waals surface area contributed by atoms with E-state index in [1.807, 2.05) is 6.33 Å². The van der Waals surface area contributed by atoms with Crippen molar-refractivity contribution in [3.05, 3.63) is 48.3 Å². The van der Waals surface area contributed by atoms with Gasteiger partial charge in [0.1, 0.15) is 12.4 Å². The zero-order chi connectivity index (χ0) is 22.8. The van der Waals surface area contributed by atoms with Gasteiger partial charge in [-0.15, -0.1) is 0 Å². The molecule has 2 aromatic rings. The first-order valence-corrected chi connectivity index (χ1v) is 12.7. The average Bonchev–Trinajstić information content (AvgIpc) is 3.39. The summed E-state index contributed by atoms with van der Waals surface area (Å²) in [5.74, 6) is 1.83. The number of esters is 1. The fourth-order valence-electron chi connectivity index (χ4n) is 8.03. The van der Waals surface area contributed by atoms with Crippen molar-refractivity contribution in [2.75, 3.05) is 6.54 Å². The molecule has 5 heteroatoms. The summed E-state index contributed by atoms with van der Waals surface area (Å²) in [5, 5.41) is 0. The second-order valence-electron chi connectivity index (χ2n) is 11.2. The summed E-state index contributed by atoms with van der Waals surface area (Å²) >= 11 is 0. The first-order valence-electron chi connectivity index (χ1n) is 12.7. The lowest BCUT2D eigenvalue weighted by atomic mass is 9.47. The van der Waals surface area contributed by atoms with E-state index in [2.05, 4.69) is 59.8 Å². The summed E-state index contributed by atoms with van der Waals surface area (Å²) < 4.78 is 7.98. The summed E-state index contributed by atoms with van der Waals surface area (Å²) in [5.41, 5.74) is 11.2. The van der Waals surface area contributed by atoms with Gasteiger partial charge in [-0.25, -0.2) is 4.98 Å². The van der Waals surface area contributed by atoms with Crippen molar-refractivity contribution < 1.29 is 9.53 Å². The lowest BCUT2D eigenvalue weighted by molar-refractivity contribution is -0.149. The van der Waals surface area contributed by atoms with Crippen molar-refractivity contribution in [1.29, 1.82) is 0 Å². The highest BCUT2D eigenvalue weighted by Gasteiger charge is 2.57. The van der Waals surface area contributed by atoms with Crippen LogP contribution in [0.3, 0.4) is 0 Å². The predicted octanol–water partition coefficient (Wildman–Crippen LogP) is 5.32. The number of carbonyl (C=O) groups is 1. The molecule has 4 aliphatic carbocycles. The molecule has 2 fully saturated rings. The predicted molar refractivity (Wildman–Crippen MR) is 130 cm³/mol. The zero-order valence-electron chi connectivity index (χ0n) is 19.8. The molecule has 174 valence electrons. The lowest BCUT2D eigenvalue weighted by Crippen LogP contribution is -2.50. The van der Waals surface area contributed by atoms with Crippen LogP contribution in [0.5, 0.6) is 0 Å². The van der Waals surface area contributed by atoms with Gasteiger partial charge in [-0.1, -0.05) is 43.7 Å². The van der Waals surface area contributed by atoms with Gasteiger partial charge in [-0.3, -0.25) is 4.79 Å². The van der Waals surface area contributed by atoms with E-state index >= 15 is 0 Å². The molecule has 2 saturated carbocycles. The molecule has 6 atom stereocenters. The molecule has 0 amide bonds. The lowest BCUT2D eigenvalue weighted by Gasteiger charge is -2.57. The number of benzene rings is 1.